The number of methoxy groups -OCH3 is 1. The number of rotatable bonds is 4. The first kappa shape index (κ1) is 23.7. The number of nitrogens with one attached hydrogen (secondary N) is 1. The summed E-state index contributed by atoms with van der Waals surface area (Å²) in [5, 5.41) is 12.4. The van der Waals surface area contributed by atoms with Crippen molar-refractivity contribution < 1.29 is 43.2 Å². The Morgan fingerprint density at radius 3 is 2.28 bits per heavy atom. The molecule has 1 amide bonds. The van der Waals surface area contributed by atoms with Gasteiger partial charge in [-0.2, -0.15) is 0 Å². The van der Waals surface area contributed by atoms with Gasteiger partial charge in [-0.1, -0.05) is 30.4 Å². The highest BCUT2D eigenvalue weighted by atomic mass is 16.7. The second-order valence-electron chi connectivity index (χ2n) is 7.28. The van der Waals surface area contributed by atoms with Gasteiger partial charge >= 0.3 is 18.0 Å². The summed E-state index contributed by atoms with van der Waals surface area (Å²) in [4.78, 5) is 37.3. The molecule has 0 aliphatic carbocycles. The van der Waals surface area contributed by atoms with Crippen molar-refractivity contribution in [2.45, 2.75) is 56.4 Å². The number of carbonyl (C=O) groups is 3. The normalized spacial score (nSPS) is 28.9. The van der Waals surface area contributed by atoms with E-state index in [1.807, 2.05) is 0 Å². The molecule has 0 unspecified atom stereocenters. The Morgan fingerprint density at radius 2 is 1.69 bits per heavy atom. The molecule has 5 atom stereocenters. The first-order valence-electron chi connectivity index (χ1n) is 10.4. The number of para-hydroxylation sites is 1. The molecule has 1 saturated heterocycles. The third-order valence-corrected chi connectivity index (χ3v) is 5.00. The highest BCUT2D eigenvalue weighted by molar-refractivity contribution is 5.84. The lowest BCUT2D eigenvalue weighted by molar-refractivity contribution is -0.298. The van der Waals surface area contributed by atoms with Gasteiger partial charge in [-0.15, -0.1) is 0 Å². The Labute approximate surface area is 185 Å². The molecule has 1 aromatic rings. The maximum absolute atomic E-state index is 12.5. The molecule has 1 aromatic carbocycles. The summed E-state index contributed by atoms with van der Waals surface area (Å²) >= 11 is 0. The van der Waals surface area contributed by atoms with E-state index in [4.69, 9.17) is 23.7 Å². The molecule has 0 bridgehead atoms. The monoisotopic (exact) mass is 449 g/mol. The minimum absolute atomic E-state index is 0.0822. The molecule has 0 saturated carbocycles. The molecule has 0 spiro atoms. The van der Waals surface area contributed by atoms with Crippen molar-refractivity contribution in [1.29, 1.82) is 0 Å². The van der Waals surface area contributed by atoms with Gasteiger partial charge in [0.15, 0.2) is 24.6 Å². The number of aliphatic hydroxyl groups is 1. The average Bonchev–Trinajstić information content (AvgIpc) is 2.78. The van der Waals surface area contributed by atoms with E-state index in [9.17, 15) is 19.5 Å². The molecule has 10 heteroatoms. The summed E-state index contributed by atoms with van der Waals surface area (Å²) < 4.78 is 27.5. The van der Waals surface area contributed by atoms with Crippen molar-refractivity contribution in [1.82, 2.24) is 0 Å². The van der Waals surface area contributed by atoms with Crippen LogP contribution in [0, 0.1) is 0 Å². The van der Waals surface area contributed by atoms with Crippen molar-refractivity contribution in [3.63, 3.8) is 0 Å². The van der Waals surface area contributed by atoms with Crippen molar-refractivity contribution in [3.8, 4) is 0 Å². The Bertz CT molecular complexity index is 813. The number of amides is 1. The van der Waals surface area contributed by atoms with Crippen LogP contribution in [0.2, 0.25) is 0 Å². The number of hydrogen-bond acceptors (Lipinski definition) is 9. The number of allylic oxidation sites excluding steroid dienone is 2. The summed E-state index contributed by atoms with van der Waals surface area (Å²) in [5.41, 5.74) is 0.488. The lowest BCUT2D eigenvalue weighted by Crippen LogP contribution is -2.62. The van der Waals surface area contributed by atoms with E-state index in [0.717, 1.165) is 0 Å². The van der Waals surface area contributed by atoms with Gasteiger partial charge in [0, 0.05) is 25.6 Å². The lowest BCUT2D eigenvalue weighted by Gasteiger charge is -2.43. The molecule has 3 rings (SSSR count). The lowest BCUT2D eigenvalue weighted by atomic mass is 9.98. The Balaban J connectivity index is 1.86. The van der Waals surface area contributed by atoms with E-state index < -0.39 is 55.3 Å². The van der Waals surface area contributed by atoms with Gasteiger partial charge in [0.05, 0.1) is 6.61 Å². The van der Waals surface area contributed by atoms with E-state index in [1.54, 1.807) is 42.5 Å². The molecule has 10 nitrogen and oxygen atoms in total. The molecular weight excluding hydrogens is 422 g/mol. The minimum Gasteiger partial charge on any atom is -0.455 e. The average molecular weight is 449 g/mol. The largest absolute Gasteiger partial charge is 0.455 e. The van der Waals surface area contributed by atoms with Crippen LogP contribution in [0.25, 0.3) is 0 Å². The molecule has 32 heavy (non-hydrogen) atoms. The third kappa shape index (κ3) is 6.28. The van der Waals surface area contributed by atoms with Crippen LogP contribution in [0.15, 0.2) is 42.5 Å². The predicted octanol–water partition coefficient (Wildman–Crippen LogP) is 1.92. The van der Waals surface area contributed by atoms with Crippen LogP contribution >= 0.6 is 0 Å². The van der Waals surface area contributed by atoms with E-state index in [-0.39, 0.29) is 12.8 Å². The van der Waals surface area contributed by atoms with Crippen LogP contribution < -0.4 is 5.32 Å². The predicted molar refractivity (Wildman–Crippen MR) is 110 cm³/mol. The summed E-state index contributed by atoms with van der Waals surface area (Å²) in [6.45, 7) is -0.533. The van der Waals surface area contributed by atoms with Gasteiger partial charge < -0.3 is 28.8 Å². The first-order chi connectivity index (χ1) is 15.5. The third-order valence-electron chi connectivity index (χ3n) is 5.00. The van der Waals surface area contributed by atoms with Crippen LogP contribution in [-0.2, 0) is 33.3 Å². The van der Waals surface area contributed by atoms with E-state index >= 15 is 0 Å². The highest BCUT2D eigenvalue weighted by Gasteiger charge is 2.52. The molecule has 174 valence electrons. The van der Waals surface area contributed by atoms with Crippen LogP contribution in [0.4, 0.5) is 10.5 Å². The molecular formula is C22H27NO9. The van der Waals surface area contributed by atoms with Gasteiger partial charge in [0.2, 0.25) is 0 Å². The maximum atomic E-state index is 12.5. The fourth-order valence-corrected chi connectivity index (χ4v) is 3.47. The SMILES string of the molecule is CO[C@H]1O[C@H](CO)[C@H]2OC(=O)CCC=CCCC(=O)O[C@@H]2[C@@H]1OC(=O)Nc1ccccc1. The van der Waals surface area contributed by atoms with E-state index in [1.165, 1.54) is 7.11 Å². The topological polar surface area (TPSA) is 130 Å². The van der Waals surface area contributed by atoms with Crippen molar-refractivity contribution in [3.05, 3.63) is 42.5 Å². The number of carbonyl (C=O) groups excluding carboxylic acids is 3. The molecule has 2 heterocycles. The molecule has 2 aliphatic heterocycles. The number of ether oxygens (including phenoxy) is 5. The van der Waals surface area contributed by atoms with Crippen LogP contribution in [-0.4, -0.2) is 67.6 Å². The van der Waals surface area contributed by atoms with Crippen LogP contribution in [0.1, 0.15) is 25.7 Å². The summed E-state index contributed by atoms with van der Waals surface area (Å²) in [5.74, 6) is -1.14. The number of esters is 2. The van der Waals surface area contributed by atoms with Gasteiger partial charge in [-0.25, -0.2) is 4.79 Å². The van der Waals surface area contributed by atoms with Crippen molar-refractivity contribution >= 4 is 23.7 Å². The molecule has 0 aromatic heterocycles. The quantitative estimate of drug-likeness (QED) is 0.402. The van der Waals surface area contributed by atoms with Crippen LogP contribution in [0.3, 0.4) is 0 Å². The van der Waals surface area contributed by atoms with Crippen molar-refractivity contribution in [2.75, 3.05) is 19.0 Å². The molecule has 1 fully saturated rings. The van der Waals surface area contributed by atoms with Gasteiger partial charge in [0.1, 0.15) is 6.10 Å². The number of hydrogen-bond donors (Lipinski definition) is 2. The summed E-state index contributed by atoms with van der Waals surface area (Å²) in [7, 11) is 1.32. The highest BCUT2D eigenvalue weighted by Crippen LogP contribution is 2.30. The summed E-state index contributed by atoms with van der Waals surface area (Å²) in [6, 6.07) is 8.61. The Morgan fingerprint density at radius 1 is 1.06 bits per heavy atom. The number of aliphatic hydroxyl groups excluding tert-OH is 1. The maximum Gasteiger partial charge on any atom is 0.412 e. The zero-order chi connectivity index (χ0) is 22.9. The van der Waals surface area contributed by atoms with Gasteiger partial charge in [0.25, 0.3) is 0 Å². The molecule has 0 radical (unpaired) electrons. The molecule has 2 aliphatic rings. The summed E-state index contributed by atoms with van der Waals surface area (Å²) in [6.07, 6.45) is -2.13. The van der Waals surface area contributed by atoms with Crippen molar-refractivity contribution in [2.24, 2.45) is 0 Å². The fourth-order valence-electron chi connectivity index (χ4n) is 3.47. The smallest absolute Gasteiger partial charge is 0.412 e. The second-order valence-corrected chi connectivity index (χ2v) is 7.28. The van der Waals surface area contributed by atoms with Gasteiger partial charge in [-0.05, 0) is 25.0 Å². The minimum atomic E-state index is -1.26. The first-order valence-corrected chi connectivity index (χ1v) is 10.4. The number of benzene rings is 1. The fraction of sp³-hybridized carbons (Fsp3) is 0.500. The van der Waals surface area contributed by atoms with E-state index in [0.29, 0.717) is 18.5 Å². The molecule has 2 N–H and O–H groups in total. The number of fused-ring (bicyclic) bond motifs is 1. The zero-order valence-electron chi connectivity index (χ0n) is 17.7. The van der Waals surface area contributed by atoms with Crippen LogP contribution in [0.5, 0.6) is 0 Å². The standard InChI is InChI=1S/C22H27NO9/c1-28-21-20(32-22(27)23-14-9-5-4-6-10-14)19-18(15(13-24)29-21)30-16(25)11-7-2-3-8-12-17(26)31-19/h2-6,9-10,15,18-21,24H,7-8,11-13H2,1H3,(H,23,27)/t15-,18-,19+,20+,21+/m1/s1. The van der Waals surface area contributed by atoms with E-state index in [2.05, 4.69) is 5.32 Å². The number of anilines is 1. The second kappa shape index (κ2) is 11.6. The Kier molecular flexibility index (Phi) is 8.60. The Hall–Kier alpha value is -2.95. The zero-order valence-corrected chi connectivity index (χ0v) is 17.7. The van der Waals surface area contributed by atoms with Gasteiger partial charge in [-0.3, -0.25) is 14.9 Å².